The SMILES string of the molecule is CN=C(NCc1cc(-c2ccccc2)on1)N1CCC2(CCC2)C1. The molecule has 2 aromatic rings. The number of rotatable bonds is 3. The van der Waals surface area contributed by atoms with Gasteiger partial charge in [-0.2, -0.15) is 0 Å². The summed E-state index contributed by atoms with van der Waals surface area (Å²) in [5.74, 6) is 1.78. The average molecular weight is 324 g/mol. The molecular weight excluding hydrogens is 300 g/mol. The Labute approximate surface area is 142 Å². The van der Waals surface area contributed by atoms with Crippen molar-refractivity contribution in [2.75, 3.05) is 20.1 Å². The van der Waals surface area contributed by atoms with Crippen molar-refractivity contribution in [2.45, 2.75) is 32.2 Å². The van der Waals surface area contributed by atoms with Gasteiger partial charge in [0, 0.05) is 31.8 Å². The summed E-state index contributed by atoms with van der Waals surface area (Å²) >= 11 is 0. The molecule has 24 heavy (non-hydrogen) atoms. The lowest BCUT2D eigenvalue weighted by Gasteiger charge is -2.38. The second kappa shape index (κ2) is 6.30. The highest BCUT2D eigenvalue weighted by atomic mass is 16.5. The van der Waals surface area contributed by atoms with Crippen LogP contribution < -0.4 is 5.32 Å². The van der Waals surface area contributed by atoms with Gasteiger partial charge in [0.1, 0.15) is 5.69 Å². The molecule has 5 heteroatoms. The number of aromatic nitrogens is 1. The van der Waals surface area contributed by atoms with E-state index in [2.05, 4.69) is 20.4 Å². The molecule has 126 valence electrons. The molecule has 0 unspecified atom stereocenters. The van der Waals surface area contributed by atoms with Gasteiger partial charge in [0.2, 0.25) is 0 Å². The van der Waals surface area contributed by atoms with E-state index in [9.17, 15) is 0 Å². The van der Waals surface area contributed by atoms with E-state index in [1.54, 1.807) is 0 Å². The monoisotopic (exact) mass is 324 g/mol. The highest BCUT2D eigenvalue weighted by Crippen LogP contribution is 2.47. The van der Waals surface area contributed by atoms with Crippen molar-refractivity contribution in [3.63, 3.8) is 0 Å². The second-order valence-corrected chi connectivity index (χ2v) is 6.97. The zero-order chi connectivity index (χ0) is 16.4. The number of guanidine groups is 1. The van der Waals surface area contributed by atoms with E-state index in [-0.39, 0.29) is 0 Å². The zero-order valence-corrected chi connectivity index (χ0v) is 14.2. The maximum Gasteiger partial charge on any atom is 0.193 e. The molecule has 2 aliphatic rings. The number of likely N-dealkylation sites (tertiary alicyclic amines) is 1. The van der Waals surface area contributed by atoms with E-state index in [1.807, 2.05) is 43.4 Å². The highest BCUT2D eigenvalue weighted by Gasteiger charge is 2.43. The van der Waals surface area contributed by atoms with Crippen LogP contribution in [0.5, 0.6) is 0 Å². The Morgan fingerprint density at radius 2 is 2.12 bits per heavy atom. The fourth-order valence-electron chi connectivity index (χ4n) is 3.84. The molecule has 0 amide bonds. The van der Waals surface area contributed by atoms with E-state index in [1.165, 1.54) is 25.7 Å². The van der Waals surface area contributed by atoms with Crippen LogP contribution in [0.4, 0.5) is 0 Å². The first-order valence-electron chi connectivity index (χ1n) is 8.75. The van der Waals surface area contributed by atoms with Gasteiger partial charge in [-0.15, -0.1) is 0 Å². The Morgan fingerprint density at radius 1 is 1.29 bits per heavy atom. The standard InChI is InChI=1S/C19H24N4O/c1-20-18(23-11-10-19(14-23)8-5-9-19)21-13-16-12-17(24-22-16)15-6-3-2-4-7-15/h2-4,6-7,12H,5,8-11,13-14H2,1H3,(H,20,21). The van der Waals surface area contributed by atoms with Gasteiger partial charge in [-0.25, -0.2) is 0 Å². The van der Waals surface area contributed by atoms with Crippen LogP contribution in [0.1, 0.15) is 31.4 Å². The summed E-state index contributed by atoms with van der Waals surface area (Å²) in [6, 6.07) is 12.0. The third-order valence-electron chi connectivity index (χ3n) is 5.41. The molecular formula is C19H24N4O. The smallest absolute Gasteiger partial charge is 0.193 e. The predicted molar refractivity (Wildman–Crippen MR) is 94.6 cm³/mol. The Hall–Kier alpha value is -2.30. The third kappa shape index (κ3) is 2.90. The molecule has 4 rings (SSSR count). The molecule has 1 aliphatic carbocycles. The largest absolute Gasteiger partial charge is 0.356 e. The molecule has 1 N–H and O–H groups in total. The first kappa shape index (κ1) is 15.2. The average Bonchev–Trinajstić information content (AvgIpc) is 3.23. The maximum atomic E-state index is 5.46. The highest BCUT2D eigenvalue weighted by molar-refractivity contribution is 5.80. The van der Waals surface area contributed by atoms with Crippen LogP contribution in [0.25, 0.3) is 11.3 Å². The lowest BCUT2D eigenvalue weighted by Crippen LogP contribution is -2.42. The van der Waals surface area contributed by atoms with Crippen LogP contribution in [0.2, 0.25) is 0 Å². The van der Waals surface area contributed by atoms with Gasteiger partial charge >= 0.3 is 0 Å². The maximum absolute atomic E-state index is 5.46. The van der Waals surface area contributed by atoms with E-state index in [0.29, 0.717) is 12.0 Å². The van der Waals surface area contributed by atoms with Gasteiger partial charge in [-0.1, -0.05) is 41.9 Å². The number of hydrogen-bond acceptors (Lipinski definition) is 3. The van der Waals surface area contributed by atoms with Gasteiger partial charge in [0.05, 0.1) is 6.54 Å². The van der Waals surface area contributed by atoms with Crippen LogP contribution in [0.15, 0.2) is 45.9 Å². The Morgan fingerprint density at radius 3 is 2.79 bits per heavy atom. The minimum absolute atomic E-state index is 0.575. The normalized spacial score (nSPS) is 19.5. The van der Waals surface area contributed by atoms with Crippen molar-refractivity contribution in [2.24, 2.45) is 10.4 Å². The Bertz CT molecular complexity index is 718. The molecule has 2 fully saturated rings. The third-order valence-corrected chi connectivity index (χ3v) is 5.41. The molecule has 0 radical (unpaired) electrons. The summed E-state index contributed by atoms with van der Waals surface area (Å²) in [5, 5.41) is 7.60. The van der Waals surface area contributed by atoms with Crippen molar-refractivity contribution in [1.82, 2.24) is 15.4 Å². The lowest BCUT2D eigenvalue weighted by molar-refractivity contribution is 0.151. The van der Waals surface area contributed by atoms with Crippen LogP contribution in [-0.2, 0) is 6.54 Å². The molecule has 1 spiro atoms. The van der Waals surface area contributed by atoms with Crippen molar-refractivity contribution in [1.29, 1.82) is 0 Å². The first-order chi connectivity index (χ1) is 11.8. The summed E-state index contributed by atoms with van der Waals surface area (Å²) < 4.78 is 5.46. The van der Waals surface area contributed by atoms with Crippen LogP contribution >= 0.6 is 0 Å². The fraction of sp³-hybridized carbons (Fsp3) is 0.474. The van der Waals surface area contributed by atoms with Gasteiger partial charge in [0.25, 0.3) is 0 Å². The molecule has 0 bridgehead atoms. The van der Waals surface area contributed by atoms with E-state index < -0.39 is 0 Å². The summed E-state index contributed by atoms with van der Waals surface area (Å²) in [5.41, 5.74) is 2.52. The molecule has 5 nitrogen and oxygen atoms in total. The van der Waals surface area contributed by atoms with Crippen molar-refractivity contribution >= 4 is 5.96 Å². The van der Waals surface area contributed by atoms with Crippen molar-refractivity contribution in [3.8, 4) is 11.3 Å². The van der Waals surface area contributed by atoms with Crippen LogP contribution in [-0.4, -0.2) is 36.2 Å². The number of aliphatic imine (C=N–C) groups is 1. The number of nitrogens with zero attached hydrogens (tertiary/aromatic N) is 3. The quantitative estimate of drug-likeness (QED) is 0.695. The minimum atomic E-state index is 0.575. The molecule has 1 aliphatic heterocycles. The Balaban J connectivity index is 1.37. The fourth-order valence-corrected chi connectivity index (χ4v) is 3.84. The topological polar surface area (TPSA) is 53.7 Å². The number of benzene rings is 1. The zero-order valence-electron chi connectivity index (χ0n) is 14.2. The number of nitrogens with one attached hydrogen (secondary N) is 1. The molecule has 1 saturated heterocycles. The molecule has 1 aromatic heterocycles. The molecule has 0 atom stereocenters. The van der Waals surface area contributed by atoms with E-state index >= 15 is 0 Å². The van der Waals surface area contributed by atoms with Crippen LogP contribution in [0, 0.1) is 5.41 Å². The summed E-state index contributed by atoms with van der Waals surface area (Å²) in [7, 11) is 1.85. The number of hydrogen-bond donors (Lipinski definition) is 1. The Kier molecular flexibility index (Phi) is 4.00. The second-order valence-electron chi connectivity index (χ2n) is 6.97. The van der Waals surface area contributed by atoms with Crippen molar-refractivity contribution < 1.29 is 4.52 Å². The predicted octanol–water partition coefficient (Wildman–Crippen LogP) is 3.29. The van der Waals surface area contributed by atoms with Gasteiger partial charge in [-0.3, -0.25) is 4.99 Å². The van der Waals surface area contributed by atoms with Gasteiger partial charge in [-0.05, 0) is 24.7 Å². The molecule has 1 saturated carbocycles. The summed E-state index contributed by atoms with van der Waals surface area (Å²) in [6.07, 6.45) is 5.45. The lowest BCUT2D eigenvalue weighted by atomic mass is 9.68. The van der Waals surface area contributed by atoms with E-state index in [4.69, 9.17) is 4.52 Å². The van der Waals surface area contributed by atoms with Crippen molar-refractivity contribution in [3.05, 3.63) is 42.1 Å². The molecule has 1 aromatic carbocycles. The molecule has 2 heterocycles. The summed E-state index contributed by atoms with van der Waals surface area (Å²) in [6.45, 7) is 2.88. The van der Waals surface area contributed by atoms with Gasteiger partial charge < -0.3 is 14.7 Å². The van der Waals surface area contributed by atoms with Gasteiger partial charge in [0.15, 0.2) is 11.7 Å². The summed E-state index contributed by atoms with van der Waals surface area (Å²) in [4.78, 5) is 6.83. The van der Waals surface area contributed by atoms with E-state index in [0.717, 1.165) is 36.1 Å². The van der Waals surface area contributed by atoms with Crippen LogP contribution in [0.3, 0.4) is 0 Å². The minimum Gasteiger partial charge on any atom is -0.356 e. The first-order valence-corrected chi connectivity index (χ1v) is 8.75.